The van der Waals surface area contributed by atoms with Crippen LogP contribution < -0.4 is 4.90 Å². The Balaban J connectivity index is 2.25. The zero-order chi connectivity index (χ0) is 11.8. The van der Waals surface area contributed by atoms with Gasteiger partial charge in [0.15, 0.2) is 11.5 Å². The molecule has 0 atom stereocenters. The van der Waals surface area contributed by atoms with Gasteiger partial charge >= 0.3 is 5.97 Å². The van der Waals surface area contributed by atoms with Crippen molar-refractivity contribution in [3.05, 3.63) is 17.8 Å². The van der Waals surface area contributed by atoms with E-state index in [4.69, 9.17) is 9.84 Å². The molecule has 0 aliphatic carbocycles. The van der Waals surface area contributed by atoms with E-state index in [1.165, 1.54) is 6.07 Å². The molecule has 1 aliphatic heterocycles. The molecule has 0 unspecified atom stereocenters. The van der Waals surface area contributed by atoms with Gasteiger partial charge in [0, 0.05) is 0 Å². The van der Waals surface area contributed by atoms with Gasteiger partial charge in [0.25, 0.3) is 0 Å². The van der Waals surface area contributed by atoms with Crippen LogP contribution in [0.25, 0.3) is 0 Å². The van der Waals surface area contributed by atoms with Gasteiger partial charge in [0.05, 0.1) is 12.1 Å². The molecule has 1 aromatic rings. The Morgan fingerprint density at radius 3 is 2.69 bits per heavy atom. The first-order valence-electron chi connectivity index (χ1n) is 4.93. The van der Waals surface area contributed by atoms with E-state index in [0.29, 0.717) is 19.2 Å². The van der Waals surface area contributed by atoms with E-state index in [1.54, 1.807) is 6.07 Å². The second-order valence-electron chi connectivity index (χ2n) is 4.30. The van der Waals surface area contributed by atoms with Crippen LogP contribution in [0.1, 0.15) is 24.3 Å². The van der Waals surface area contributed by atoms with Crippen molar-refractivity contribution in [1.82, 2.24) is 10.2 Å². The average molecular weight is 223 g/mol. The summed E-state index contributed by atoms with van der Waals surface area (Å²) in [5.74, 6) is -0.441. The molecule has 0 bridgehead atoms. The third-order valence-electron chi connectivity index (χ3n) is 2.55. The number of hydrogen-bond acceptors (Lipinski definition) is 5. The fraction of sp³-hybridized carbons (Fsp3) is 0.500. The molecule has 1 fully saturated rings. The normalized spacial score (nSPS) is 18.8. The molecule has 86 valence electrons. The lowest BCUT2D eigenvalue weighted by molar-refractivity contribution is 0.0689. The summed E-state index contributed by atoms with van der Waals surface area (Å²) in [7, 11) is 0. The van der Waals surface area contributed by atoms with Gasteiger partial charge in [-0.05, 0) is 26.0 Å². The van der Waals surface area contributed by atoms with Crippen LogP contribution in [0, 0.1) is 0 Å². The van der Waals surface area contributed by atoms with Crippen molar-refractivity contribution in [3.63, 3.8) is 0 Å². The summed E-state index contributed by atoms with van der Waals surface area (Å²) in [4.78, 5) is 12.6. The molecular formula is C10H13N3O3. The number of nitrogens with zero attached hydrogens (tertiary/aromatic N) is 3. The molecule has 16 heavy (non-hydrogen) atoms. The van der Waals surface area contributed by atoms with Crippen LogP contribution in [0.4, 0.5) is 5.82 Å². The Morgan fingerprint density at radius 1 is 1.50 bits per heavy atom. The van der Waals surface area contributed by atoms with Crippen LogP contribution in [0.15, 0.2) is 12.1 Å². The molecule has 0 amide bonds. The minimum Gasteiger partial charge on any atom is -0.476 e. The van der Waals surface area contributed by atoms with Gasteiger partial charge in [-0.1, -0.05) is 0 Å². The number of carbonyl (C=O) groups is 1. The van der Waals surface area contributed by atoms with Crippen LogP contribution in [0.2, 0.25) is 0 Å². The first-order valence-corrected chi connectivity index (χ1v) is 4.93. The van der Waals surface area contributed by atoms with Gasteiger partial charge in [-0.3, -0.25) is 0 Å². The lowest BCUT2D eigenvalue weighted by Gasteiger charge is -2.29. The van der Waals surface area contributed by atoms with Crippen molar-refractivity contribution in [1.29, 1.82) is 0 Å². The molecule has 0 spiro atoms. The molecule has 0 saturated carbocycles. The summed E-state index contributed by atoms with van der Waals surface area (Å²) >= 11 is 0. The first kappa shape index (κ1) is 10.8. The quantitative estimate of drug-likeness (QED) is 0.797. The predicted molar refractivity (Wildman–Crippen MR) is 56.4 cm³/mol. The number of anilines is 1. The number of rotatable bonds is 2. The van der Waals surface area contributed by atoms with Gasteiger partial charge in [0.2, 0.25) is 0 Å². The lowest BCUT2D eigenvalue weighted by Crippen LogP contribution is -2.40. The van der Waals surface area contributed by atoms with Crippen molar-refractivity contribution in [3.8, 4) is 0 Å². The number of aromatic carboxylic acids is 1. The highest BCUT2D eigenvalue weighted by Crippen LogP contribution is 2.26. The van der Waals surface area contributed by atoms with Crippen molar-refractivity contribution in [2.45, 2.75) is 19.4 Å². The Morgan fingerprint density at radius 2 is 2.25 bits per heavy atom. The molecule has 1 aliphatic rings. The highest BCUT2D eigenvalue weighted by Gasteiger charge is 2.34. The molecular weight excluding hydrogens is 210 g/mol. The molecule has 0 radical (unpaired) electrons. The maximum absolute atomic E-state index is 10.6. The highest BCUT2D eigenvalue weighted by atomic mass is 16.5. The van der Waals surface area contributed by atoms with E-state index in [1.807, 2.05) is 18.7 Å². The Hall–Kier alpha value is -1.69. The van der Waals surface area contributed by atoms with Crippen LogP contribution in [-0.2, 0) is 4.74 Å². The van der Waals surface area contributed by atoms with Crippen molar-refractivity contribution in [2.24, 2.45) is 0 Å². The predicted octanol–water partition coefficient (Wildman–Crippen LogP) is 0.748. The van der Waals surface area contributed by atoms with Crippen molar-refractivity contribution in [2.75, 3.05) is 18.2 Å². The van der Waals surface area contributed by atoms with Crippen molar-refractivity contribution >= 4 is 11.8 Å². The SMILES string of the molecule is CC1(C)COCN1c1ccc(C(=O)O)nn1. The summed E-state index contributed by atoms with van der Waals surface area (Å²) in [5.41, 5.74) is -0.193. The van der Waals surface area contributed by atoms with Crippen LogP contribution in [0.5, 0.6) is 0 Å². The minimum absolute atomic E-state index is 0.0540. The largest absolute Gasteiger partial charge is 0.476 e. The molecule has 1 saturated heterocycles. The van der Waals surface area contributed by atoms with Gasteiger partial charge < -0.3 is 14.7 Å². The van der Waals surface area contributed by atoms with E-state index in [2.05, 4.69) is 10.2 Å². The third kappa shape index (κ3) is 1.83. The maximum Gasteiger partial charge on any atom is 0.356 e. The molecule has 2 heterocycles. The number of aromatic nitrogens is 2. The smallest absolute Gasteiger partial charge is 0.356 e. The van der Waals surface area contributed by atoms with Gasteiger partial charge in [-0.25, -0.2) is 4.79 Å². The number of hydrogen-bond donors (Lipinski definition) is 1. The Labute approximate surface area is 92.9 Å². The molecule has 0 aromatic carbocycles. The van der Waals surface area contributed by atoms with Gasteiger partial charge in [-0.15, -0.1) is 10.2 Å². The average Bonchev–Trinajstić information content (AvgIpc) is 2.58. The summed E-state index contributed by atoms with van der Waals surface area (Å²) < 4.78 is 5.35. The Kier molecular flexibility index (Phi) is 2.51. The fourth-order valence-corrected chi connectivity index (χ4v) is 1.60. The fourth-order valence-electron chi connectivity index (χ4n) is 1.60. The zero-order valence-electron chi connectivity index (χ0n) is 9.17. The number of carboxylic acids is 1. The van der Waals surface area contributed by atoms with Crippen LogP contribution in [-0.4, -0.2) is 40.1 Å². The van der Waals surface area contributed by atoms with E-state index < -0.39 is 5.97 Å². The van der Waals surface area contributed by atoms with E-state index in [-0.39, 0.29) is 11.2 Å². The van der Waals surface area contributed by atoms with Gasteiger partial charge in [-0.2, -0.15) is 0 Å². The van der Waals surface area contributed by atoms with Crippen molar-refractivity contribution < 1.29 is 14.6 Å². The van der Waals surface area contributed by atoms with Crippen LogP contribution in [0.3, 0.4) is 0 Å². The minimum atomic E-state index is -1.07. The Bertz CT molecular complexity index is 402. The topological polar surface area (TPSA) is 75.5 Å². The van der Waals surface area contributed by atoms with E-state index >= 15 is 0 Å². The summed E-state index contributed by atoms with van der Waals surface area (Å²) in [6, 6.07) is 3.09. The highest BCUT2D eigenvalue weighted by molar-refractivity contribution is 5.85. The molecule has 6 nitrogen and oxygen atoms in total. The standard InChI is InChI=1S/C10H13N3O3/c1-10(2)5-16-6-13(10)8-4-3-7(9(14)15)11-12-8/h3-4H,5-6H2,1-2H3,(H,14,15). The van der Waals surface area contributed by atoms with Gasteiger partial charge in [0.1, 0.15) is 6.73 Å². The summed E-state index contributed by atoms with van der Waals surface area (Å²) in [6.07, 6.45) is 0. The first-order chi connectivity index (χ1) is 7.50. The summed E-state index contributed by atoms with van der Waals surface area (Å²) in [5, 5.41) is 16.2. The second-order valence-corrected chi connectivity index (χ2v) is 4.30. The number of ether oxygens (including phenoxy) is 1. The third-order valence-corrected chi connectivity index (χ3v) is 2.55. The molecule has 1 N–H and O–H groups in total. The maximum atomic E-state index is 10.6. The number of carboxylic acid groups (broad SMARTS) is 1. The van der Waals surface area contributed by atoms with E-state index in [0.717, 1.165) is 0 Å². The van der Waals surface area contributed by atoms with E-state index in [9.17, 15) is 4.79 Å². The lowest BCUT2D eigenvalue weighted by atomic mass is 10.1. The monoisotopic (exact) mass is 223 g/mol. The van der Waals surface area contributed by atoms with Crippen LogP contribution >= 0.6 is 0 Å². The zero-order valence-corrected chi connectivity index (χ0v) is 9.17. The molecule has 2 rings (SSSR count). The molecule has 6 heteroatoms. The summed E-state index contributed by atoms with van der Waals surface area (Å²) in [6.45, 7) is 5.14. The second kappa shape index (κ2) is 3.71. The molecule has 1 aromatic heterocycles.